The summed E-state index contributed by atoms with van der Waals surface area (Å²) >= 11 is 0. The second-order valence-electron chi connectivity index (χ2n) is 5.43. The van der Waals surface area contributed by atoms with E-state index in [9.17, 15) is 18.0 Å². The third-order valence-corrected chi connectivity index (χ3v) is 4.03. The van der Waals surface area contributed by atoms with Gasteiger partial charge in [0.15, 0.2) is 0 Å². The maximum absolute atomic E-state index is 12.8. The molecular weight excluding hydrogens is 273 g/mol. The summed E-state index contributed by atoms with van der Waals surface area (Å²) in [6.45, 7) is 0.291. The summed E-state index contributed by atoms with van der Waals surface area (Å²) in [6, 6.07) is 3.64. The number of carbonyl (C=O) groups is 1. The van der Waals surface area contributed by atoms with E-state index in [1.54, 1.807) is 0 Å². The number of benzene rings is 1. The van der Waals surface area contributed by atoms with Crippen LogP contribution >= 0.6 is 0 Å². The molecule has 1 fully saturated rings. The van der Waals surface area contributed by atoms with E-state index in [1.165, 1.54) is 13.2 Å². The molecule has 2 aliphatic rings. The Morgan fingerprint density at radius 3 is 2.80 bits per heavy atom. The highest BCUT2D eigenvalue weighted by molar-refractivity contribution is 5.74. The Balaban J connectivity index is 2.04. The summed E-state index contributed by atoms with van der Waals surface area (Å²) in [4.78, 5) is 11.5. The summed E-state index contributed by atoms with van der Waals surface area (Å²) in [5.41, 5.74) is -0.0130. The first kappa shape index (κ1) is 13.4. The second-order valence-corrected chi connectivity index (χ2v) is 5.43. The number of hydrogen-bond donors (Lipinski definition) is 0. The van der Waals surface area contributed by atoms with Crippen molar-refractivity contribution in [1.29, 1.82) is 0 Å². The van der Waals surface area contributed by atoms with Crippen molar-refractivity contribution in [2.75, 3.05) is 13.7 Å². The van der Waals surface area contributed by atoms with Gasteiger partial charge < -0.3 is 9.47 Å². The van der Waals surface area contributed by atoms with Crippen LogP contribution in [0.4, 0.5) is 13.2 Å². The van der Waals surface area contributed by atoms with Crippen molar-refractivity contribution in [3.05, 3.63) is 34.9 Å². The van der Waals surface area contributed by atoms with E-state index in [2.05, 4.69) is 0 Å². The fourth-order valence-electron chi connectivity index (χ4n) is 3.25. The lowest BCUT2D eigenvalue weighted by molar-refractivity contribution is -0.142. The van der Waals surface area contributed by atoms with Gasteiger partial charge in [0.1, 0.15) is 6.10 Å². The maximum atomic E-state index is 12.8. The Bertz CT molecular complexity index is 567. The molecule has 0 spiro atoms. The molecule has 1 aliphatic heterocycles. The number of esters is 1. The lowest BCUT2D eigenvalue weighted by atomic mass is 9.82. The Labute approximate surface area is 113 Å². The third kappa shape index (κ3) is 1.90. The fraction of sp³-hybridized carbons (Fsp3) is 0.500. The van der Waals surface area contributed by atoms with Gasteiger partial charge in [0.05, 0.1) is 18.6 Å². The van der Waals surface area contributed by atoms with Gasteiger partial charge in [0.2, 0.25) is 0 Å². The number of hydrogen-bond acceptors (Lipinski definition) is 3. The van der Waals surface area contributed by atoms with Crippen LogP contribution in [0.2, 0.25) is 0 Å². The Morgan fingerprint density at radius 2 is 2.15 bits per heavy atom. The normalized spacial score (nSPS) is 28.2. The molecule has 2 atom stereocenters. The number of fused-ring (bicyclic) bond motifs is 3. The molecule has 6 heteroatoms. The molecule has 0 aromatic heterocycles. The summed E-state index contributed by atoms with van der Waals surface area (Å²) < 4.78 is 48.8. The number of methoxy groups -OCH3 is 1. The van der Waals surface area contributed by atoms with E-state index in [0.29, 0.717) is 18.6 Å². The van der Waals surface area contributed by atoms with Crippen molar-refractivity contribution in [3.8, 4) is 0 Å². The van der Waals surface area contributed by atoms with Gasteiger partial charge >= 0.3 is 12.1 Å². The number of halogens is 3. The molecule has 1 aliphatic carbocycles. The average molecular weight is 286 g/mol. The molecule has 1 aromatic rings. The van der Waals surface area contributed by atoms with Crippen molar-refractivity contribution < 1.29 is 27.4 Å². The summed E-state index contributed by atoms with van der Waals surface area (Å²) in [6.07, 6.45) is -4.34. The maximum Gasteiger partial charge on any atom is 0.416 e. The van der Waals surface area contributed by atoms with Crippen molar-refractivity contribution in [2.24, 2.45) is 5.41 Å². The van der Waals surface area contributed by atoms with Crippen molar-refractivity contribution in [2.45, 2.75) is 25.1 Å². The van der Waals surface area contributed by atoms with Gasteiger partial charge in [-0.2, -0.15) is 13.2 Å². The van der Waals surface area contributed by atoms with Crippen LogP contribution in [0.15, 0.2) is 18.2 Å². The third-order valence-electron chi connectivity index (χ3n) is 4.03. The molecule has 108 valence electrons. The molecule has 0 amide bonds. The Morgan fingerprint density at radius 1 is 1.40 bits per heavy atom. The lowest BCUT2D eigenvalue weighted by Gasteiger charge is -2.25. The minimum absolute atomic E-state index is 0.182. The smallest absolute Gasteiger partial charge is 0.416 e. The van der Waals surface area contributed by atoms with E-state index in [-0.39, 0.29) is 12.4 Å². The van der Waals surface area contributed by atoms with Crippen LogP contribution in [0.5, 0.6) is 0 Å². The summed E-state index contributed by atoms with van der Waals surface area (Å²) in [7, 11) is 1.51. The highest BCUT2D eigenvalue weighted by Gasteiger charge is 2.55. The van der Waals surface area contributed by atoms with E-state index in [4.69, 9.17) is 9.47 Å². The zero-order valence-corrected chi connectivity index (χ0v) is 10.8. The molecular formula is C14H13F3O3. The number of rotatable bonds is 2. The van der Waals surface area contributed by atoms with Crippen molar-refractivity contribution in [3.63, 3.8) is 0 Å². The molecule has 20 heavy (non-hydrogen) atoms. The topological polar surface area (TPSA) is 35.5 Å². The fourth-order valence-corrected chi connectivity index (χ4v) is 3.25. The number of ether oxygens (including phenoxy) is 2. The molecule has 1 heterocycles. The van der Waals surface area contributed by atoms with Crippen LogP contribution in [0.3, 0.4) is 0 Å². The van der Waals surface area contributed by atoms with Crippen LogP contribution in [0.25, 0.3) is 0 Å². The van der Waals surface area contributed by atoms with Gasteiger partial charge in [-0.3, -0.25) is 4.79 Å². The minimum Gasteiger partial charge on any atom is -0.457 e. The predicted octanol–water partition coefficient (Wildman–Crippen LogP) is 2.88. The molecule has 1 unspecified atom stereocenters. The number of alkyl halides is 3. The van der Waals surface area contributed by atoms with Crippen LogP contribution < -0.4 is 0 Å². The molecule has 3 rings (SSSR count). The zero-order chi connectivity index (χ0) is 14.5. The SMILES string of the molecule is COC[C@@]12CC(=O)OC1c1cc(C(F)(F)F)ccc1C2. The van der Waals surface area contributed by atoms with Crippen LogP contribution in [-0.4, -0.2) is 19.7 Å². The summed E-state index contributed by atoms with van der Waals surface area (Å²) in [5.74, 6) is -0.380. The van der Waals surface area contributed by atoms with E-state index >= 15 is 0 Å². The average Bonchev–Trinajstić information content (AvgIpc) is 2.78. The molecule has 0 radical (unpaired) electrons. The quantitative estimate of drug-likeness (QED) is 0.784. The first-order chi connectivity index (χ1) is 9.36. The van der Waals surface area contributed by atoms with Crippen LogP contribution in [0.1, 0.15) is 29.2 Å². The molecule has 0 N–H and O–H groups in total. The standard InChI is InChI=1S/C14H13F3O3/c1-19-7-13-5-8-2-3-9(14(15,16)17)4-10(8)12(13)20-11(18)6-13/h2-4,12H,5-7H2,1H3/t12?,13-/m1/s1. The van der Waals surface area contributed by atoms with E-state index in [1.807, 2.05) is 0 Å². The van der Waals surface area contributed by atoms with Gasteiger partial charge in [-0.25, -0.2) is 0 Å². The molecule has 1 saturated heterocycles. The monoisotopic (exact) mass is 286 g/mol. The molecule has 0 saturated carbocycles. The largest absolute Gasteiger partial charge is 0.457 e. The summed E-state index contributed by atoms with van der Waals surface area (Å²) in [5, 5.41) is 0. The second kappa shape index (κ2) is 4.22. The highest BCUT2D eigenvalue weighted by Crippen LogP contribution is 2.55. The van der Waals surface area contributed by atoms with Crippen LogP contribution in [-0.2, 0) is 26.9 Å². The van der Waals surface area contributed by atoms with Crippen molar-refractivity contribution >= 4 is 5.97 Å². The number of carbonyl (C=O) groups excluding carboxylic acids is 1. The van der Waals surface area contributed by atoms with E-state index < -0.39 is 23.3 Å². The van der Waals surface area contributed by atoms with Gasteiger partial charge in [-0.15, -0.1) is 0 Å². The zero-order valence-electron chi connectivity index (χ0n) is 10.8. The lowest BCUT2D eigenvalue weighted by Crippen LogP contribution is -2.27. The molecule has 0 bridgehead atoms. The van der Waals surface area contributed by atoms with Gasteiger partial charge in [-0.05, 0) is 29.7 Å². The van der Waals surface area contributed by atoms with Crippen LogP contribution in [0, 0.1) is 5.41 Å². The van der Waals surface area contributed by atoms with Gasteiger partial charge in [0.25, 0.3) is 0 Å². The molecule has 1 aromatic carbocycles. The Hall–Kier alpha value is -1.56. The highest BCUT2D eigenvalue weighted by atomic mass is 19.4. The Kier molecular flexibility index (Phi) is 2.83. The van der Waals surface area contributed by atoms with E-state index in [0.717, 1.165) is 17.7 Å². The predicted molar refractivity (Wildman–Crippen MR) is 62.9 cm³/mol. The van der Waals surface area contributed by atoms with Gasteiger partial charge in [0, 0.05) is 12.5 Å². The van der Waals surface area contributed by atoms with Gasteiger partial charge in [-0.1, -0.05) is 6.07 Å². The minimum atomic E-state index is -4.40. The first-order valence-corrected chi connectivity index (χ1v) is 6.24. The first-order valence-electron chi connectivity index (χ1n) is 6.24. The molecule has 3 nitrogen and oxygen atoms in total. The van der Waals surface area contributed by atoms with Crippen molar-refractivity contribution in [1.82, 2.24) is 0 Å².